The van der Waals surface area contributed by atoms with Crippen LogP contribution >= 0.6 is 0 Å². The van der Waals surface area contributed by atoms with Crippen LogP contribution in [-0.4, -0.2) is 27.4 Å². The Hall–Kier alpha value is -3.12. The second-order valence-electron chi connectivity index (χ2n) is 10.4. The Morgan fingerprint density at radius 2 is 1.85 bits per heavy atom. The third-order valence-electron chi connectivity index (χ3n) is 6.84. The van der Waals surface area contributed by atoms with Gasteiger partial charge < -0.3 is 9.84 Å². The first kappa shape index (κ1) is 23.1. The van der Waals surface area contributed by atoms with Gasteiger partial charge in [0.15, 0.2) is 0 Å². The van der Waals surface area contributed by atoms with Crippen molar-refractivity contribution < 1.29 is 9.84 Å². The largest absolute Gasteiger partial charge is 0.496 e. The second-order valence-corrected chi connectivity index (χ2v) is 10.4. The fourth-order valence-corrected chi connectivity index (χ4v) is 4.63. The minimum absolute atomic E-state index is 0.151. The molecule has 2 unspecified atom stereocenters. The molecule has 3 aromatic rings. The Bertz CT molecular complexity index is 1330. The van der Waals surface area contributed by atoms with E-state index in [2.05, 4.69) is 50.9 Å². The van der Waals surface area contributed by atoms with Crippen LogP contribution in [0.3, 0.4) is 0 Å². The van der Waals surface area contributed by atoms with E-state index in [1.54, 1.807) is 7.11 Å². The number of hydrogen-bond acceptors (Lipinski definition) is 4. The predicted octanol–water partition coefficient (Wildman–Crippen LogP) is 3.98. The number of hydrogen-bond donors (Lipinski definition) is 2. The number of aromatic amines is 1. The molecule has 1 heterocycles. The number of rotatable bonds is 3. The summed E-state index contributed by atoms with van der Waals surface area (Å²) in [7, 11) is 1.66. The van der Waals surface area contributed by atoms with Gasteiger partial charge in [-0.2, -0.15) is 0 Å². The van der Waals surface area contributed by atoms with Crippen molar-refractivity contribution in [1.82, 2.24) is 9.55 Å². The SMILES string of the molecule is COc1c(-c2ccc3c(c2)CC(C)C(C)(O)C3)cc(-n2ccc(=O)[nH]c2=O)cc1C(C)(C)C. The van der Waals surface area contributed by atoms with Crippen LogP contribution in [0.25, 0.3) is 16.8 Å². The molecule has 0 saturated carbocycles. The van der Waals surface area contributed by atoms with E-state index in [-0.39, 0.29) is 11.3 Å². The Morgan fingerprint density at radius 1 is 1.12 bits per heavy atom. The molecule has 2 atom stereocenters. The molecular formula is C27H32N2O4. The van der Waals surface area contributed by atoms with Gasteiger partial charge in [-0.1, -0.05) is 45.9 Å². The van der Waals surface area contributed by atoms with Crippen molar-refractivity contribution >= 4 is 0 Å². The topological polar surface area (TPSA) is 84.3 Å². The first-order chi connectivity index (χ1) is 15.4. The number of aromatic nitrogens is 2. The summed E-state index contributed by atoms with van der Waals surface area (Å²) in [5.41, 5.74) is 3.99. The molecule has 2 N–H and O–H groups in total. The van der Waals surface area contributed by atoms with Crippen LogP contribution < -0.4 is 16.0 Å². The highest BCUT2D eigenvalue weighted by molar-refractivity contribution is 5.76. The summed E-state index contributed by atoms with van der Waals surface area (Å²) >= 11 is 0. The Morgan fingerprint density at radius 3 is 2.48 bits per heavy atom. The van der Waals surface area contributed by atoms with Gasteiger partial charge in [0, 0.05) is 29.8 Å². The summed E-state index contributed by atoms with van der Waals surface area (Å²) < 4.78 is 7.35. The van der Waals surface area contributed by atoms with Crippen LogP contribution in [-0.2, 0) is 18.3 Å². The Balaban J connectivity index is 1.95. The van der Waals surface area contributed by atoms with Gasteiger partial charge in [0.25, 0.3) is 5.56 Å². The van der Waals surface area contributed by atoms with E-state index in [9.17, 15) is 14.7 Å². The average molecular weight is 449 g/mol. The molecule has 0 amide bonds. The minimum atomic E-state index is -0.711. The first-order valence-electron chi connectivity index (χ1n) is 11.3. The molecule has 4 rings (SSSR count). The molecule has 0 fully saturated rings. The molecule has 6 heteroatoms. The zero-order valence-electron chi connectivity index (χ0n) is 20.2. The lowest BCUT2D eigenvalue weighted by atomic mass is 9.74. The van der Waals surface area contributed by atoms with Crippen LogP contribution in [0.1, 0.15) is 51.3 Å². The fourth-order valence-electron chi connectivity index (χ4n) is 4.63. The summed E-state index contributed by atoms with van der Waals surface area (Å²) in [5.74, 6) is 0.915. The van der Waals surface area contributed by atoms with Crippen molar-refractivity contribution in [1.29, 1.82) is 0 Å². The van der Waals surface area contributed by atoms with Gasteiger partial charge >= 0.3 is 5.69 Å². The van der Waals surface area contributed by atoms with E-state index in [1.807, 2.05) is 19.1 Å². The van der Waals surface area contributed by atoms with E-state index in [1.165, 1.54) is 22.4 Å². The molecule has 0 saturated heterocycles. The van der Waals surface area contributed by atoms with E-state index < -0.39 is 16.9 Å². The molecule has 2 aromatic carbocycles. The molecule has 0 radical (unpaired) electrons. The zero-order valence-corrected chi connectivity index (χ0v) is 20.2. The zero-order chi connectivity index (χ0) is 24.1. The molecule has 0 bridgehead atoms. The smallest absolute Gasteiger partial charge is 0.332 e. The number of fused-ring (bicyclic) bond motifs is 1. The summed E-state index contributed by atoms with van der Waals surface area (Å²) in [6.07, 6.45) is 2.92. The lowest BCUT2D eigenvalue weighted by molar-refractivity contribution is 0.000190. The molecule has 174 valence electrons. The second kappa shape index (κ2) is 8.03. The third-order valence-corrected chi connectivity index (χ3v) is 6.84. The summed E-state index contributed by atoms with van der Waals surface area (Å²) in [5, 5.41) is 10.7. The number of benzene rings is 2. The number of ether oxygens (including phenoxy) is 1. The van der Waals surface area contributed by atoms with E-state index in [0.717, 1.165) is 34.4 Å². The number of nitrogens with one attached hydrogen (secondary N) is 1. The highest BCUT2D eigenvalue weighted by Gasteiger charge is 2.34. The fraction of sp³-hybridized carbons (Fsp3) is 0.407. The van der Waals surface area contributed by atoms with Gasteiger partial charge in [0.1, 0.15) is 5.75 Å². The number of methoxy groups -OCH3 is 1. The lowest BCUT2D eigenvalue weighted by Gasteiger charge is -2.36. The van der Waals surface area contributed by atoms with E-state index in [0.29, 0.717) is 12.1 Å². The number of nitrogens with zero attached hydrogens (tertiary/aromatic N) is 1. The normalized spacial score (nSPS) is 20.4. The van der Waals surface area contributed by atoms with Crippen molar-refractivity contribution in [2.45, 2.75) is 58.5 Å². The molecule has 0 aliphatic heterocycles. The van der Waals surface area contributed by atoms with Crippen molar-refractivity contribution in [3.05, 3.63) is 80.1 Å². The maximum Gasteiger partial charge on any atom is 0.332 e. The van der Waals surface area contributed by atoms with Crippen molar-refractivity contribution in [3.8, 4) is 22.6 Å². The van der Waals surface area contributed by atoms with E-state index >= 15 is 0 Å². The molecule has 1 aromatic heterocycles. The molecular weight excluding hydrogens is 416 g/mol. The van der Waals surface area contributed by atoms with Crippen LogP contribution in [0.5, 0.6) is 5.75 Å². The third kappa shape index (κ3) is 4.27. The van der Waals surface area contributed by atoms with Crippen molar-refractivity contribution in [2.24, 2.45) is 5.92 Å². The highest BCUT2D eigenvalue weighted by atomic mass is 16.5. The molecule has 1 aliphatic carbocycles. The van der Waals surface area contributed by atoms with Gasteiger partial charge in [-0.15, -0.1) is 0 Å². The Labute approximate surface area is 193 Å². The number of H-pyrrole nitrogens is 1. The van der Waals surface area contributed by atoms with Crippen molar-refractivity contribution in [3.63, 3.8) is 0 Å². The van der Waals surface area contributed by atoms with Crippen LogP contribution in [0.15, 0.2) is 52.2 Å². The van der Waals surface area contributed by atoms with Gasteiger partial charge in [-0.05, 0) is 53.5 Å². The molecule has 6 nitrogen and oxygen atoms in total. The maximum atomic E-state index is 12.5. The number of aliphatic hydroxyl groups is 1. The standard InChI is InChI=1S/C27H32N2O4/c1-16-11-19-12-17(7-8-18(19)15-27(16,5)32)21-13-20(29-10-9-23(30)28-25(29)31)14-22(24(21)33-6)26(2,3)4/h7-10,12-14,16,32H,11,15H2,1-6H3,(H,28,30,31). The minimum Gasteiger partial charge on any atom is -0.496 e. The maximum absolute atomic E-state index is 12.5. The molecule has 33 heavy (non-hydrogen) atoms. The van der Waals surface area contributed by atoms with Crippen LogP contribution in [0, 0.1) is 5.92 Å². The molecule has 0 spiro atoms. The first-order valence-corrected chi connectivity index (χ1v) is 11.3. The van der Waals surface area contributed by atoms with Crippen LogP contribution in [0.2, 0.25) is 0 Å². The van der Waals surface area contributed by atoms with Gasteiger partial charge in [-0.25, -0.2) is 4.79 Å². The summed E-state index contributed by atoms with van der Waals surface area (Å²) in [6.45, 7) is 10.3. The monoisotopic (exact) mass is 448 g/mol. The lowest BCUT2D eigenvalue weighted by Crippen LogP contribution is -2.40. The van der Waals surface area contributed by atoms with Gasteiger partial charge in [-0.3, -0.25) is 14.3 Å². The summed E-state index contributed by atoms with van der Waals surface area (Å²) in [6, 6.07) is 11.5. The molecule has 1 aliphatic rings. The Kier molecular flexibility index (Phi) is 5.61. The van der Waals surface area contributed by atoms with E-state index in [4.69, 9.17) is 4.74 Å². The average Bonchev–Trinajstić information content (AvgIpc) is 2.72. The predicted molar refractivity (Wildman–Crippen MR) is 131 cm³/mol. The van der Waals surface area contributed by atoms with Gasteiger partial charge in [0.2, 0.25) is 0 Å². The summed E-state index contributed by atoms with van der Waals surface area (Å²) in [4.78, 5) is 26.5. The highest BCUT2D eigenvalue weighted by Crippen LogP contribution is 2.42. The van der Waals surface area contributed by atoms with Crippen molar-refractivity contribution in [2.75, 3.05) is 7.11 Å². The van der Waals surface area contributed by atoms with Gasteiger partial charge in [0.05, 0.1) is 18.4 Å². The van der Waals surface area contributed by atoms with Crippen LogP contribution in [0.4, 0.5) is 0 Å². The quantitative estimate of drug-likeness (QED) is 0.635.